The Balaban J connectivity index is 2.03. The third kappa shape index (κ3) is 1.03. The zero-order valence-corrected chi connectivity index (χ0v) is 5.61. The van der Waals surface area contributed by atoms with Crippen molar-refractivity contribution in [3.63, 3.8) is 0 Å². The first-order valence-electron chi connectivity index (χ1n) is 3.23. The standard InChI is InChI=1S/C7H13O/c1-3-6-4-7(5-6)8-2/h7H,3-5H2,1-2H3. The van der Waals surface area contributed by atoms with E-state index in [1.165, 1.54) is 19.3 Å². The van der Waals surface area contributed by atoms with E-state index >= 15 is 0 Å². The molecular weight excluding hydrogens is 100 g/mol. The molecule has 0 bridgehead atoms. The molecule has 47 valence electrons. The van der Waals surface area contributed by atoms with Gasteiger partial charge in [0.05, 0.1) is 6.10 Å². The molecule has 0 amide bonds. The van der Waals surface area contributed by atoms with E-state index in [1.807, 2.05) is 0 Å². The van der Waals surface area contributed by atoms with Gasteiger partial charge in [-0.25, -0.2) is 0 Å². The van der Waals surface area contributed by atoms with Crippen LogP contribution >= 0.6 is 0 Å². The van der Waals surface area contributed by atoms with Crippen LogP contribution in [0.15, 0.2) is 0 Å². The van der Waals surface area contributed by atoms with Gasteiger partial charge in [-0.1, -0.05) is 6.92 Å². The largest absolute Gasteiger partial charge is 0.381 e. The molecule has 1 saturated carbocycles. The Morgan fingerprint density at radius 1 is 1.62 bits per heavy atom. The summed E-state index contributed by atoms with van der Waals surface area (Å²) in [6.45, 7) is 2.21. The van der Waals surface area contributed by atoms with Gasteiger partial charge >= 0.3 is 0 Å². The maximum atomic E-state index is 5.10. The highest BCUT2D eigenvalue weighted by atomic mass is 16.5. The van der Waals surface area contributed by atoms with Gasteiger partial charge in [0.25, 0.3) is 0 Å². The van der Waals surface area contributed by atoms with Gasteiger partial charge in [-0.15, -0.1) is 0 Å². The molecule has 1 aliphatic carbocycles. The highest BCUT2D eigenvalue weighted by Gasteiger charge is 2.27. The molecule has 1 heteroatoms. The van der Waals surface area contributed by atoms with Crippen LogP contribution in [0.5, 0.6) is 0 Å². The van der Waals surface area contributed by atoms with E-state index < -0.39 is 0 Å². The van der Waals surface area contributed by atoms with Crippen molar-refractivity contribution < 1.29 is 4.74 Å². The number of methoxy groups -OCH3 is 1. The third-order valence-corrected chi connectivity index (χ3v) is 1.87. The smallest absolute Gasteiger partial charge is 0.0582 e. The van der Waals surface area contributed by atoms with Crippen LogP contribution in [0.4, 0.5) is 0 Å². The summed E-state index contributed by atoms with van der Waals surface area (Å²) in [4.78, 5) is 0. The fraction of sp³-hybridized carbons (Fsp3) is 0.857. The van der Waals surface area contributed by atoms with Crippen molar-refractivity contribution in [1.82, 2.24) is 0 Å². The summed E-state index contributed by atoms with van der Waals surface area (Å²) in [5, 5.41) is 0. The van der Waals surface area contributed by atoms with Crippen LogP contribution in [0.3, 0.4) is 0 Å². The topological polar surface area (TPSA) is 9.23 Å². The van der Waals surface area contributed by atoms with Crippen molar-refractivity contribution >= 4 is 0 Å². The molecule has 0 saturated heterocycles. The van der Waals surface area contributed by atoms with Crippen molar-refractivity contribution in [3.8, 4) is 0 Å². The van der Waals surface area contributed by atoms with Gasteiger partial charge < -0.3 is 4.74 Å². The first-order chi connectivity index (χ1) is 3.86. The maximum Gasteiger partial charge on any atom is 0.0582 e. The van der Waals surface area contributed by atoms with Gasteiger partial charge in [-0.2, -0.15) is 0 Å². The second kappa shape index (κ2) is 2.49. The van der Waals surface area contributed by atoms with E-state index in [-0.39, 0.29) is 0 Å². The van der Waals surface area contributed by atoms with Gasteiger partial charge in [0.15, 0.2) is 0 Å². The fourth-order valence-electron chi connectivity index (χ4n) is 1.04. The van der Waals surface area contributed by atoms with Gasteiger partial charge in [0.2, 0.25) is 0 Å². The predicted octanol–water partition coefficient (Wildman–Crippen LogP) is 1.78. The Morgan fingerprint density at radius 3 is 2.62 bits per heavy atom. The van der Waals surface area contributed by atoms with Crippen molar-refractivity contribution in [3.05, 3.63) is 5.92 Å². The second-order valence-electron chi connectivity index (χ2n) is 2.37. The lowest BCUT2D eigenvalue weighted by Crippen LogP contribution is -2.27. The molecular formula is C7H13O. The van der Waals surface area contributed by atoms with Gasteiger partial charge in [0, 0.05) is 7.11 Å². The minimum absolute atomic E-state index is 0.560. The SMILES string of the molecule is CC[C]1CC(OC)C1. The van der Waals surface area contributed by atoms with Gasteiger partial charge in [-0.05, 0) is 25.2 Å². The van der Waals surface area contributed by atoms with Crippen LogP contribution in [-0.2, 0) is 4.74 Å². The van der Waals surface area contributed by atoms with Crippen molar-refractivity contribution in [2.45, 2.75) is 32.3 Å². The van der Waals surface area contributed by atoms with E-state index in [9.17, 15) is 0 Å². The van der Waals surface area contributed by atoms with E-state index in [0.717, 1.165) is 0 Å². The molecule has 1 radical (unpaired) electrons. The molecule has 0 aromatic heterocycles. The number of hydrogen-bond donors (Lipinski definition) is 0. The Kier molecular flexibility index (Phi) is 1.90. The van der Waals surface area contributed by atoms with E-state index in [1.54, 1.807) is 13.0 Å². The lowest BCUT2D eigenvalue weighted by molar-refractivity contribution is 0.0532. The molecule has 0 aromatic rings. The van der Waals surface area contributed by atoms with E-state index in [2.05, 4.69) is 6.92 Å². The Morgan fingerprint density at radius 2 is 2.25 bits per heavy atom. The molecule has 0 atom stereocenters. The highest BCUT2D eigenvalue weighted by molar-refractivity contribution is 5.03. The first-order valence-corrected chi connectivity index (χ1v) is 3.23. The molecule has 1 aliphatic rings. The molecule has 0 N–H and O–H groups in total. The summed E-state index contributed by atoms with van der Waals surface area (Å²) in [5.41, 5.74) is 0. The van der Waals surface area contributed by atoms with Crippen LogP contribution in [0, 0.1) is 5.92 Å². The lowest BCUT2D eigenvalue weighted by atomic mass is 9.81. The number of rotatable bonds is 2. The summed E-state index contributed by atoms with van der Waals surface area (Å²) in [6.07, 6.45) is 4.24. The third-order valence-electron chi connectivity index (χ3n) is 1.87. The van der Waals surface area contributed by atoms with Crippen LogP contribution in [0.2, 0.25) is 0 Å². The number of ether oxygens (including phenoxy) is 1. The van der Waals surface area contributed by atoms with Gasteiger partial charge in [-0.3, -0.25) is 0 Å². The average Bonchev–Trinajstić information content (AvgIpc) is 1.65. The molecule has 0 aromatic carbocycles. The highest BCUT2D eigenvalue weighted by Crippen LogP contribution is 2.33. The maximum absolute atomic E-state index is 5.10. The van der Waals surface area contributed by atoms with Crippen molar-refractivity contribution in [2.24, 2.45) is 0 Å². The van der Waals surface area contributed by atoms with Crippen LogP contribution in [0.25, 0.3) is 0 Å². The second-order valence-corrected chi connectivity index (χ2v) is 2.37. The summed E-state index contributed by atoms with van der Waals surface area (Å²) in [7, 11) is 1.79. The molecule has 0 spiro atoms. The van der Waals surface area contributed by atoms with Crippen LogP contribution in [-0.4, -0.2) is 13.2 Å². The number of hydrogen-bond acceptors (Lipinski definition) is 1. The molecule has 1 rings (SSSR count). The van der Waals surface area contributed by atoms with E-state index in [4.69, 9.17) is 4.74 Å². The van der Waals surface area contributed by atoms with Crippen molar-refractivity contribution in [1.29, 1.82) is 0 Å². The lowest BCUT2D eigenvalue weighted by Gasteiger charge is -2.32. The first kappa shape index (κ1) is 6.09. The molecule has 0 aliphatic heterocycles. The fourth-order valence-corrected chi connectivity index (χ4v) is 1.04. The monoisotopic (exact) mass is 113 g/mol. The Labute approximate surface area is 51.0 Å². The molecule has 1 nitrogen and oxygen atoms in total. The minimum Gasteiger partial charge on any atom is -0.381 e. The van der Waals surface area contributed by atoms with Crippen LogP contribution < -0.4 is 0 Å². The summed E-state index contributed by atoms with van der Waals surface area (Å²) >= 11 is 0. The minimum atomic E-state index is 0.560. The summed E-state index contributed by atoms with van der Waals surface area (Å²) in [5.74, 6) is 1.66. The zero-order chi connectivity index (χ0) is 5.98. The summed E-state index contributed by atoms with van der Waals surface area (Å²) in [6, 6.07) is 0. The normalized spacial score (nSPS) is 23.2. The summed E-state index contributed by atoms with van der Waals surface area (Å²) < 4.78 is 5.10. The van der Waals surface area contributed by atoms with Gasteiger partial charge in [0.1, 0.15) is 0 Å². The van der Waals surface area contributed by atoms with E-state index in [0.29, 0.717) is 6.10 Å². The zero-order valence-electron chi connectivity index (χ0n) is 5.61. The van der Waals surface area contributed by atoms with Crippen molar-refractivity contribution in [2.75, 3.05) is 7.11 Å². The Hall–Kier alpha value is -0.0400. The Bertz CT molecular complexity index is 56.8. The van der Waals surface area contributed by atoms with Crippen LogP contribution in [0.1, 0.15) is 26.2 Å². The molecule has 0 heterocycles. The average molecular weight is 113 g/mol. The quantitative estimate of drug-likeness (QED) is 0.530. The predicted molar refractivity (Wildman–Crippen MR) is 33.6 cm³/mol. The molecule has 0 unspecified atom stereocenters. The molecule has 1 fully saturated rings. The molecule has 8 heavy (non-hydrogen) atoms.